The summed E-state index contributed by atoms with van der Waals surface area (Å²) in [6.07, 6.45) is 9.49. The number of aromatic nitrogens is 1. The predicted molar refractivity (Wildman–Crippen MR) is 109 cm³/mol. The Morgan fingerprint density at radius 2 is 1.86 bits per heavy atom. The Kier molecular flexibility index (Phi) is 5.24. The number of pyridine rings is 1. The quantitative estimate of drug-likeness (QED) is 0.758. The Hall–Kier alpha value is -2.95. The highest BCUT2D eigenvalue weighted by molar-refractivity contribution is 5.95. The third-order valence-corrected chi connectivity index (χ3v) is 5.71. The zero-order chi connectivity index (χ0) is 19.4. The van der Waals surface area contributed by atoms with Gasteiger partial charge in [0.25, 0.3) is 5.91 Å². The van der Waals surface area contributed by atoms with Crippen molar-refractivity contribution in [2.24, 2.45) is 0 Å². The summed E-state index contributed by atoms with van der Waals surface area (Å²) in [5, 5.41) is 6.14. The van der Waals surface area contributed by atoms with Crippen LogP contribution in [0.15, 0.2) is 60.3 Å². The topological polar surface area (TPSA) is 71.1 Å². The Balaban J connectivity index is 1.38. The monoisotopic (exact) mass is 375 g/mol. The van der Waals surface area contributed by atoms with Crippen molar-refractivity contribution in [3.63, 3.8) is 0 Å². The molecule has 1 heterocycles. The van der Waals surface area contributed by atoms with Gasteiger partial charge in [-0.3, -0.25) is 14.6 Å². The van der Waals surface area contributed by atoms with E-state index in [0.29, 0.717) is 12.1 Å². The fourth-order valence-corrected chi connectivity index (χ4v) is 3.65. The van der Waals surface area contributed by atoms with Gasteiger partial charge in [0.15, 0.2) is 0 Å². The minimum atomic E-state index is -0.317. The summed E-state index contributed by atoms with van der Waals surface area (Å²) < 4.78 is 0. The van der Waals surface area contributed by atoms with E-state index in [9.17, 15) is 9.59 Å². The van der Waals surface area contributed by atoms with Crippen LogP contribution in [0.2, 0.25) is 0 Å². The van der Waals surface area contributed by atoms with Gasteiger partial charge in [0.2, 0.25) is 5.91 Å². The van der Waals surface area contributed by atoms with E-state index in [1.807, 2.05) is 30.3 Å². The van der Waals surface area contributed by atoms with Crippen LogP contribution in [0, 0.1) is 0 Å². The van der Waals surface area contributed by atoms with Crippen LogP contribution >= 0.6 is 0 Å². The van der Waals surface area contributed by atoms with E-state index in [0.717, 1.165) is 43.4 Å². The number of carbonyl (C=O) groups is 2. The summed E-state index contributed by atoms with van der Waals surface area (Å²) in [5.41, 5.74) is 3.23. The number of benzene rings is 1. The van der Waals surface area contributed by atoms with Gasteiger partial charge in [0.05, 0.1) is 11.2 Å². The molecule has 0 spiro atoms. The molecule has 2 saturated carbocycles. The van der Waals surface area contributed by atoms with Crippen LogP contribution in [-0.4, -0.2) is 28.9 Å². The fraction of sp³-hybridized carbons (Fsp3) is 0.348. The molecule has 2 amide bonds. The number of nitrogens with one attached hydrogen (secondary N) is 2. The molecule has 1 aromatic heterocycles. The summed E-state index contributed by atoms with van der Waals surface area (Å²) in [6.45, 7) is 0.448. The van der Waals surface area contributed by atoms with Crippen LogP contribution in [0.3, 0.4) is 0 Å². The molecule has 2 fully saturated rings. The molecule has 0 aliphatic heterocycles. The number of hydrogen-bond donors (Lipinski definition) is 2. The summed E-state index contributed by atoms with van der Waals surface area (Å²) >= 11 is 0. The van der Waals surface area contributed by atoms with Crippen LogP contribution in [0.1, 0.15) is 48.9 Å². The molecule has 2 N–H and O–H groups in total. The van der Waals surface area contributed by atoms with Crippen molar-refractivity contribution in [1.29, 1.82) is 0 Å². The minimum absolute atomic E-state index is 0.0288. The molecule has 0 saturated heterocycles. The number of carbonyl (C=O) groups excluding carboxylic acids is 2. The standard InChI is InChI=1S/C23H25N3O2/c27-21(14-17-6-4-7-17)26-23(11-5-12-23)16-25-22(28)19-10-13-24-20(15-19)18-8-2-1-3-9-18/h1-3,8-10,13-15H,4-7,11-12,16H2,(H,25,28)(H,26,27). The highest BCUT2D eigenvalue weighted by atomic mass is 16.2. The number of allylic oxidation sites excluding steroid dienone is 1. The van der Waals surface area contributed by atoms with E-state index in [-0.39, 0.29) is 17.4 Å². The lowest BCUT2D eigenvalue weighted by molar-refractivity contribution is -0.119. The average Bonchev–Trinajstić information content (AvgIpc) is 2.67. The van der Waals surface area contributed by atoms with Gasteiger partial charge in [-0.2, -0.15) is 0 Å². The van der Waals surface area contributed by atoms with Crippen LogP contribution in [0.5, 0.6) is 0 Å². The van der Waals surface area contributed by atoms with Crippen molar-refractivity contribution in [3.8, 4) is 11.3 Å². The molecule has 1 aromatic carbocycles. The lowest BCUT2D eigenvalue weighted by Gasteiger charge is -2.42. The summed E-state index contributed by atoms with van der Waals surface area (Å²) in [5.74, 6) is -0.170. The molecule has 144 valence electrons. The Labute approximate surface area is 165 Å². The normalized spacial score (nSPS) is 17.1. The first-order chi connectivity index (χ1) is 13.6. The van der Waals surface area contributed by atoms with E-state index in [4.69, 9.17) is 0 Å². The van der Waals surface area contributed by atoms with E-state index in [1.54, 1.807) is 24.4 Å². The highest BCUT2D eigenvalue weighted by Crippen LogP contribution is 2.32. The molecular formula is C23H25N3O2. The molecule has 28 heavy (non-hydrogen) atoms. The second kappa shape index (κ2) is 7.97. The van der Waals surface area contributed by atoms with Gasteiger partial charge in [-0.1, -0.05) is 35.9 Å². The van der Waals surface area contributed by atoms with Crippen LogP contribution < -0.4 is 10.6 Å². The first-order valence-electron chi connectivity index (χ1n) is 9.95. The van der Waals surface area contributed by atoms with Gasteiger partial charge < -0.3 is 10.6 Å². The number of rotatable bonds is 6. The number of nitrogens with zero attached hydrogens (tertiary/aromatic N) is 1. The number of hydrogen-bond acceptors (Lipinski definition) is 3. The van der Waals surface area contributed by atoms with Gasteiger partial charge in [-0.15, -0.1) is 0 Å². The summed E-state index contributed by atoms with van der Waals surface area (Å²) in [6, 6.07) is 13.3. The smallest absolute Gasteiger partial charge is 0.251 e. The second-order valence-corrected chi connectivity index (χ2v) is 7.76. The van der Waals surface area contributed by atoms with Crippen molar-refractivity contribution in [2.45, 2.75) is 44.1 Å². The molecule has 2 aromatic rings. The zero-order valence-electron chi connectivity index (χ0n) is 15.9. The largest absolute Gasteiger partial charge is 0.350 e. The van der Waals surface area contributed by atoms with Crippen molar-refractivity contribution in [1.82, 2.24) is 15.6 Å². The van der Waals surface area contributed by atoms with E-state index >= 15 is 0 Å². The minimum Gasteiger partial charge on any atom is -0.350 e. The molecule has 0 bridgehead atoms. The third-order valence-electron chi connectivity index (χ3n) is 5.71. The third kappa shape index (κ3) is 4.14. The molecule has 2 aliphatic rings. The van der Waals surface area contributed by atoms with Crippen molar-refractivity contribution >= 4 is 11.8 Å². The molecular weight excluding hydrogens is 350 g/mol. The van der Waals surface area contributed by atoms with E-state index in [2.05, 4.69) is 15.6 Å². The molecule has 5 heteroatoms. The van der Waals surface area contributed by atoms with Crippen LogP contribution in [0.4, 0.5) is 0 Å². The van der Waals surface area contributed by atoms with Crippen LogP contribution in [0.25, 0.3) is 11.3 Å². The molecule has 0 atom stereocenters. The first kappa shape index (κ1) is 18.4. The maximum Gasteiger partial charge on any atom is 0.251 e. The summed E-state index contributed by atoms with van der Waals surface area (Å²) in [7, 11) is 0. The molecule has 0 unspecified atom stereocenters. The van der Waals surface area contributed by atoms with E-state index in [1.165, 1.54) is 12.0 Å². The van der Waals surface area contributed by atoms with Gasteiger partial charge in [0.1, 0.15) is 0 Å². The van der Waals surface area contributed by atoms with Gasteiger partial charge in [-0.25, -0.2) is 0 Å². The molecule has 4 rings (SSSR count). The lowest BCUT2D eigenvalue weighted by Crippen LogP contribution is -2.59. The number of amides is 2. The lowest BCUT2D eigenvalue weighted by atomic mass is 9.76. The van der Waals surface area contributed by atoms with Crippen LogP contribution in [-0.2, 0) is 4.79 Å². The van der Waals surface area contributed by atoms with Gasteiger partial charge in [-0.05, 0) is 50.7 Å². The van der Waals surface area contributed by atoms with Crippen molar-refractivity contribution in [2.75, 3.05) is 6.54 Å². The Morgan fingerprint density at radius 1 is 1.07 bits per heavy atom. The first-order valence-corrected chi connectivity index (χ1v) is 9.95. The molecule has 2 aliphatic carbocycles. The van der Waals surface area contributed by atoms with Crippen molar-refractivity contribution in [3.05, 3.63) is 65.9 Å². The van der Waals surface area contributed by atoms with Gasteiger partial charge in [0, 0.05) is 29.9 Å². The van der Waals surface area contributed by atoms with Crippen molar-refractivity contribution < 1.29 is 9.59 Å². The maximum absolute atomic E-state index is 12.7. The fourth-order valence-electron chi connectivity index (χ4n) is 3.65. The second-order valence-electron chi connectivity index (χ2n) is 7.76. The Bertz CT molecular complexity index is 895. The van der Waals surface area contributed by atoms with E-state index < -0.39 is 0 Å². The average molecular weight is 375 g/mol. The predicted octanol–water partition coefficient (Wildman–Crippen LogP) is 3.63. The van der Waals surface area contributed by atoms with Gasteiger partial charge >= 0.3 is 0 Å². The maximum atomic E-state index is 12.7. The SMILES string of the molecule is O=C(C=C1CCC1)NC1(CNC(=O)c2ccnc(-c3ccccc3)c2)CCC1. The summed E-state index contributed by atoms with van der Waals surface area (Å²) in [4.78, 5) is 29.3. The molecule has 0 radical (unpaired) electrons. The Morgan fingerprint density at radius 3 is 2.50 bits per heavy atom. The zero-order valence-corrected chi connectivity index (χ0v) is 15.9. The highest BCUT2D eigenvalue weighted by Gasteiger charge is 2.38. The molecule has 5 nitrogen and oxygen atoms in total.